The van der Waals surface area contributed by atoms with E-state index in [1.165, 1.54) is 0 Å². The smallest absolute Gasteiger partial charge is 0.236 e. The maximum Gasteiger partial charge on any atom is 0.236 e. The summed E-state index contributed by atoms with van der Waals surface area (Å²) >= 11 is 0. The number of hydrogen-bond acceptors (Lipinski definition) is 6. The number of piperidine rings is 1. The van der Waals surface area contributed by atoms with E-state index in [4.69, 9.17) is 15.2 Å². The molecule has 2 aromatic rings. The van der Waals surface area contributed by atoms with Crippen LogP contribution in [-0.4, -0.2) is 39.0 Å². The molecular formula is C17H23N5O2. The standard InChI is InChI=1S/C17H23N5O2/c1-10-8-13(14-6-4-5-7-22(14)15(23)9-18)20-17(19-10)16-11(2)21-24-12(16)3/h8,14H,4-7,9,18H2,1-3H3. The van der Waals surface area contributed by atoms with Crippen LogP contribution < -0.4 is 5.73 Å². The highest BCUT2D eigenvalue weighted by atomic mass is 16.5. The molecule has 0 aliphatic carbocycles. The predicted molar refractivity (Wildman–Crippen MR) is 89.1 cm³/mol. The first-order valence-corrected chi connectivity index (χ1v) is 8.29. The molecule has 0 aromatic carbocycles. The third-order valence-corrected chi connectivity index (χ3v) is 4.47. The molecule has 1 aliphatic heterocycles. The molecular weight excluding hydrogens is 306 g/mol. The molecule has 7 heteroatoms. The summed E-state index contributed by atoms with van der Waals surface area (Å²) < 4.78 is 5.24. The highest BCUT2D eigenvalue weighted by Crippen LogP contribution is 2.32. The number of carbonyl (C=O) groups excluding carboxylic acids is 1. The summed E-state index contributed by atoms with van der Waals surface area (Å²) in [7, 11) is 0. The van der Waals surface area contributed by atoms with Gasteiger partial charge in [-0.3, -0.25) is 4.79 Å². The first-order chi connectivity index (χ1) is 11.5. The summed E-state index contributed by atoms with van der Waals surface area (Å²) in [5.41, 5.74) is 8.89. The van der Waals surface area contributed by atoms with Crippen LogP contribution in [0, 0.1) is 20.8 Å². The number of amides is 1. The second-order valence-electron chi connectivity index (χ2n) is 6.26. The highest BCUT2D eigenvalue weighted by Gasteiger charge is 2.29. The van der Waals surface area contributed by atoms with Crippen molar-refractivity contribution in [2.75, 3.05) is 13.1 Å². The number of rotatable bonds is 3. The van der Waals surface area contributed by atoms with E-state index in [2.05, 4.69) is 10.1 Å². The predicted octanol–water partition coefficient (Wildman–Crippen LogP) is 2.07. The fourth-order valence-corrected chi connectivity index (χ4v) is 3.33. The normalized spacial score (nSPS) is 18.0. The molecule has 128 valence electrons. The van der Waals surface area contributed by atoms with Gasteiger partial charge < -0.3 is 15.2 Å². The molecule has 3 heterocycles. The van der Waals surface area contributed by atoms with E-state index < -0.39 is 0 Å². The van der Waals surface area contributed by atoms with Gasteiger partial charge in [-0.15, -0.1) is 0 Å². The van der Waals surface area contributed by atoms with Crippen LogP contribution in [0.4, 0.5) is 0 Å². The molecule has 1 saturated heterocycles. The minimum Gasteiger partial charge on any atom is -0.361 e. The van der Waals surface area contributed by atoms with Crippen LogP contribution in [0.3, 0.4) is 0 Å². The van der Waals surface area contributed by atoms with Gasteiger partial charge in [0.1, 0.15) is 5.76 Å². The van der Waals surface area contributed by atoms with E-state index in [0.29, 0.717) is 11.6 Å². The summed E-state index contributed by atoms with van der Waals surface area (Å²) in [5, 5.41) is 3.98. The van der Waals surface area contributed by atoms with E-state index in [9.17, 15) is 4.79 Å². The first kappa shape index (κ1) is 16.6. The van der Waals surface area contributed by atoms with Crippen molar-refractivity contribution in [1.82, 2.24) is 20.0 Å². The zero-order chi connectivity index (χ0) is 17.3. The average Bonchev–Trinajstić information content (AvgIpc) is 2.92. The van der Waals surface area contributed by atoms with E-state index >= 15 is 0 Å². The van der Waals surface area contributed by atoms with Gasteiger partial charge in [-0.25, -0.2) is 9.97 Å². The van der Waals surface area contributed by atoms with Crippen molar-refractivity contribution in [2.24, 2.45) is 5.73 Å². The molecule has 0 bridgehead atoms. The van der Waals surface area contributed by atoms with Gasteiger partial charge in [0.05, 0.1) is 29.5 Å². The van der Waals surface area contributed by atoms with Crippen molar-refractivity contribution >= 4 is 5.91 Å². The van der Waals surface area contributed by atoms with E-state index in [1.54, 1.807) is 0 Å². The number of carbonyl (C=O) groups is 1. The maximum absolute atomic E-state index is 12.2. The SMILES string of the molecule is Cc1cc(C2CCCCN2C(=O)CN)nc(-c2c(C)noc2C)n1. The lowest BCUT2D eigenvalue weighted by atomic mass is 9.98. The third-order valence-electron chi connectivity index (χ3n) is 4.47. The van der Waals surface area contributed by atoms with Gasteiger partial charge in [-0.05, 0) is 46.1 Å². The van der Waals surface area contributed by atoms with Crippen LogP contribution in [0.1, 0.15) is 48.1 Å². The lowest BCUT2D eigenvalue weighted by molar-refractivity contribution is -0.133. The summed E-state index contributed by atoms with van der Waals surface area (Å²) in [4.78, 5) is 23.3. The van der Waals surface area contributed by atoms with Crippen LogP contribution >= 0.6 is 0 Å². The van der Waals surface area contributed by atoms with E-state index in [-0.39, 0.29) is 18.5 Å². The van der Waals surface area contributed by atoms with Crippen molar-refractivity contribution in [3.8, 4) is 11.4 Å². The molecule has 1 amide bonds. The Labute approximate surface area is 141 Å². The molecule has 0 radical (unpaired) electrons. The van der Waals surface area contributed by atoms with Gasteiger partial charge in [0.25, 0.3) is 0 Å². The summed E-state index contributed by atoms with van der Waals surface area (Å²) in [6, 6.07) is 1.91. The van der Waals surface area contributed by atoms with Gasteiger partial charge in [0, 0.05) is 12.2 Å². The second-order valence-corrected chi connectivity index (χ2v) is 6.26. The number of nitrogens with zero attached hydrogens (tertiary/aromatic N) is 4. The van der Waals surface area contributed by atoms with Crippen LogP contribution in [0.5, 0.6) is 0 Å². The van der Waals surface area contributed by atoms with Crippen molar-refractivity contribution in [3.05, 3.63) is 28.9 Å². The van der Waals surface area contributed by atoms with Crippen LogP contribution in [0.15, 0.2) is 10.6 Å². The second kappa shape index (κ2) is 6.68. The van der Waals surface area contributed by atoms with Gasteiger partial charge in [-0.1, -0.05) is 5.16 Å². The Morgan fingerprint density at radius 3 is 2.79 bits per heavy atom. The zero-order valence-corrected chi connectivity index (χ0v) is 14.4. The Hall–Kier alpha value is -2.28. The molecule has 1 atom stereocenters. The van der Waals surface area contributed by atoms with E-state index in [1.807, 2.05) is 31.7 Å². The average molecular weight is 329 g/mol. The monoisotopic (exact) mass is 329 g/mol. The molecule has 1 unspecified atom stereocenters. The molecule has 0 spiro atoms. The summed E-state index contributed by atoms with van der Waals surface area (Å²) in [6.07, 6.45) is 2.97. The molecule has 3 rings (SSSR count). The van der Waals surface area contributed by atoms with Crippen molar-refractivity contribution in [1.29, 1.82) is 0 Å². The molecule has 24 heavy (non-hydrogen) atoms. The lowest BCUT2D eigenvalue weighted by Crippen LogP contribution is -2.42. The van der Waals surface area contributed by atoms with Crippen LogP contribution in [-0.2, 0) is 4.79 Å². The van der Waals surface area contributed by atoms with Gasteiger partial charge in [0.15, 0.2) is 5.82 Å². The summed E-state index contributed by atoms with van der Waals surface area (Å²) in [6.45, 7) is 6.42. The first-order valence-electron chi connectivity index (χ1n) is 8.29. The molecule has 2 N–H and O–H groups in total. The van der Waals surface area contributed by atoms with E-state index in [0.717, 1.165) is 48.5 Å². The molecule has 0 saturated carbocycles. The minimum atomic E-state index is -0.0456. The van der Waals surface area contributed by atoms with Gasteiger partial charge in [-0.2, -0.15) is 0 Å². The quantitative estimate of drug-likeness (QED) is 0.925. The Balaban J connectivity index is 2.03. The van der Waals surface area contributed by atoms with Crippen molar-refractivity contribution in [2.45, 2.75) is 46.1 Å². The van der Waals surface area contributed by atoms with Gasteiger partial charge in [0.2, 0.25) is 5.91 Å². The van der Waals surface area contributed by atoms with Crippen LogP contribution in [0.2, 0.25) is 0 Å². The molecule has 7 nitrogen and oxygen atoms in total. The molecule has 1 aliphatic rings. The molecule has 2 aromatic heterocycles. The topological polar surface area (TPSA) is 98.1 Å². The molecule has 1 fully saturated rings. The largest absolute Gasteiger partial charge is 0.361 e. The number of likely N-dealkylation sites (tertiary alicyclic amines) is 1. The maximum atomic E-state index is 12.2. The van der Waals surface area contributed by atoms with Crippen molar-refractivity contribution < 1.29 is 9.32 Å². The number of aromatic nitrogens is 3. The third kappa shape index (κ3) is 3.03. The fourth-order valence-electron chi connectivity index (χ4n) is 3.33. The minimum absolute atomic E-state index is 0.0251. The van der Waals surface area contributed by atoms with Crippen molar-refractivity contribution in [3.63, 3.8) is 0 Å². The Bertz CT molecular complexity index is 736. The van der Waals surface area contributed by atoms with Gasteiger partial charge >= 0.3 is 0 Å². The Morgan fingerprint density at radius 1 is 1.33 bits per heavy atom. The number of hydrogen-bond donors (Lipinski definition) is 1. The highest BCUT2D eigenvalue weighted by molar-refractivity contribution is 5.78. The Morgan fingerprint density at radius 2 is 2.12 bits per heavy atom. The Kier molecular flexibility index (Phi) is 4.62. The number of nitrogens with two attached hydrogens (primary N) is 1. The zero-order valence-electron chi connectivity index (χ0n) is 14.4. The number of aryl methyl sites for hydroxylation is 3. The summed E-state index contributed by atoms with van der Waals surface area (Å²) in [5.74, 6) is 1.27. The van der Waals surface area contributed by atoms with Crippen LogP contribution in [0.25, 0.3) is 11.4 Å². The lowest BCUT2D eigenvalue weighted by Gasteiger charge is -2.35. The fraction of sp³-hybridized carbons (Fsp3) is 0.529.